The summed E-state index contributed by atoms with van der Waals surface area (Å²) in [5, 5.41) is 4.93. The van der Waals surface area contributed by atoms with Gasteiger partial charge in [0.25, 0.3) is 0 Å². The second-order valence-corrected chi connectivity index (χ2v) is 21.9. The minimum atomic E-state index is -2.64. The van der Waals surface area contributed by atoms with Crippen molar-refractivity contribution in [3.63, 3.8) is 0 Å². The van der Waals surface area contributed by atoms with Crippen LogP contribution in [0.5, 0.6) is 11.5 Å². The van der Waals surface area contributed by atoms with Crippen molar-refractivity contribution in [2.24, 2.45) is 0 Å². The van der Waals surface area contributed by atoms with E-state index < -0.39 is 14.4 Å². The van der Waals surface area contributed by atoms with Crippen LogP contribution in [-0.2, 0) is 4.43 Å². The second-order valence-electron chi connectivity index (χ2n) is 12.4. The monoisotopic (exact) mass is 623 g/mol. The average Bonchev–Trinajstić information content (AvgIpc) is 3.05. The third-order valence-electron chi connectivity index (χ3n) is 8.81. The van der Waals surface area contributed by atoms with Crippen LogP contribution >= 0.6 is 6.11 Å². The molecule has 7 heteroatoms. The van der Waals surface area contributed by atoms with E-state index in [4.69, 9.17) is 13.5 Å². The summed E-state index contributed by atoms with van der Waals surface area (Å²) >= 11 is 3.49. The van der Waals surface area contributed by atoms with Crippen LogP contribution in [0.3, 0.4) is 0 Å². The molecule has 0 N–H and O–H groups in total. The van der Waals surface area contributed by atoms with Crippen LogP contribution in [0.15, 0.2) is 72.8 Å². The Kier molecular flexibility index (Phi) is 7.11. The first-order valence-electron chi connectivity index (χ1n) is 14.0. The van der Waals surface area contributed by atoms with Crippen LogP contribution in [0.1, 0.15) is 40.0 Å². The Bertz CT molecular complexity index is 1510. The van der Waals surface area contributed by atoms with Gasteiger partial charge in [-0.05, 0) is 0 Å². The van der Waals surface area contributed by atoms with Crippen LogP contribution in [0.2, 0.25) is 18.1 Å². The Balaban J connectivity index is 1.48. The van der Waals surface area contributed by atoms with Crippen LogP contribution in [-0.4, -0.2) is 47.3 Å². The van der Waals surface area contributed by atoms with Crippen molar-refractivity contribution in [2.45, 2.75) is 64.2 Å². The first kappa shape index (κ1) is 27.3. The van der Waals surface area contributed by atoms with Crippen molar-refractivity contribution in [1.82, 2.24) is 4.67 Å². The summed E-state index contributed by atoms with van der Waals surface area (Å²) < 4.78 is 23.4. The Labute approximate surface area is 241 Å². The summed E-state index contributed by atoms with van der Waals surface area (Å²) in [5.74, 6) is 1.76. The number of piperidine rings is 1. The van der Waals surface area contributed by atoms with Gasteiger partial charge < -0.3 is 0 Å². The van der Waals surface area contributed by atoms with Crippen molar-refractivity contribution >= 4 is 51.1 Å². The predicted octanol–water partition coefficient (Wildman–Crippen LogP) is 9.15. The third kappa shape index (κ3) is 4.94. The maximum absolute atomic E-state index is 7.07. The zero-order valence-corrected chi connectivity index (χ0v) is 27.2. The molecule has 0 aromatic heterocycles. The molecule has 2 heterocycles. The fourth-order valence-electron chi connectivity index (χ4n) is 5.54. The predicted molar refractivity (Wildman–Crippen MR) is 168 cm³/mol. The minimum absolute atomic E-state index is 0.174. The fourth-order valence-corrected chi connectivity index (χ4v) is 11.0. The molecule has 2 aliphatic heterocycles. The Morgan fingerprint density at radius 1 is 0.846 bits per heavy atom. The standard InChI is InChI=1S/C32H38NO3PSeSi/c1-32(2,3)39(4,5)34-22-25-14-10-11-21-33(25)37(38)35-28-19-17-23-12-6-8-15-26(23)30(28)31-27-16-9-7-13-24(27)18-20-29(31)36-37/h6-9,12-13,15-20,25H,10-11,14,21-22H2,1-5H3/t25-/m1/s1. The van der Waals surface area contributed by atoms with Gasteiger partial charge in [-0.15, -0.1) is 0 Å². The molecule has 4 aromatic rings. The zero-order valence-electron chi connectivity index (χ0n) is 23.6. The van der Waals surface area contributed by atoms with Crippen molar-refractivity contribution < 1.29 is 13.5 Å². The van der Waals surface area contributed by atoms with Gasteiger partial charge in [-0.25, -0.2) is 0 Å². The molecule has 4 aromatic carbocycles. The summed E-state index contributed by atoms with van der Waals surface area (Å²) in [6.45, 7) is 13.2. The van der Waals surface area contributed by atoms with Gasteiger partial charge in [0, 0.05) is 0 Å². The molecular weight excluding hydrogens is 584 g/mol. The van der Waals surface area contributed by atoms with E-state index in [1.165, 1.54) is 28.0 Å². The van der Waals surface area contributed by atoms with Gasteiger partial charge in [-0.3, -0.25) is 0 Å². The summed E-state index contributed by atoms with van der Waals surface area (Å²) in [5.41, 5.74) is 2.23. The van der Waals surface area contributed by atoms with Gasteiger partial charge in [0.1, 0.15) is 0 Å². The molecule has 0 saturated carbocycles. The van der Waals surface area contributed by atoms with Crippen molar-refractivity contribution in [2.75, 3.05) is 13.2 Å². The van der Waals surface area contributed by atoms with Crippen molar-refractivity contribution in [1.29, 1.82) is 0 Å². The van der Waals surface area contributed by atoms with E-state index in [9.17, 15) is 0 Å². The van der Waals surface area contributed by atoms with E-state index in [2.05, 4.69) is 126 Å². The maximum atomic E-state index is 7.07. The molecule has 0 aliphatic carbocycles. The first-order chi connectivity index (χ1) is 18.6. The number of hydrogen-bond acceptors (Lipinski definition) is 4. The Morgan fingerprint density at radius 2 is 1.38 bits per heavy atom. The normalized spacial score (nSPS) is 19.6. The van der Waals surface area contributed by atoms with Crippen LogP contribution in [0.25, 0.3) is 32.7 Å². The van der Waals surface area contributed by atoms with Gasteiger partial charge in [0.05, 0.1) is 0 Å². The number of rotatable bonds is 4. The fraction of sp³-hybridized carbons (Fsp3) is 0.375. The molecule has 204 valence electrons. The van der Waals surface area contributed by atoms with Crippen LogP contribution < -0.4 is 9.05 Å². The second kappa shape index (κ2) is 10.2. The summed E-state index contributed by atoms with van der Waals surface area (Å²) in [7, 11) is -1.88. The quantitative estimate of drug-likeness (QED) is 0.168. The molecule has 0 unspecified atom stereocenters. The number of fused-ring (bicyclic) bond motifs is 7. The van der Waals surface area contributed by atoms with Crippen molar-refractivity contribution in [3.8, 4) is 22.6 Å². The molecule has 0 amide bonds. The summed E-state index contributed by atoms with van der Waals surface area (Å²) in [6, 6.07) is 26.0. The molecule has 1 saturated heterocycles. The van der Waals surface area contributed by atoms with Gasteiger partial charge in [-0.2, -0.15) is 0 Å². The zero-order chi connectivity index (χ0) is 27.4. The SMILES string of the molecule is CC(C)(C)[Si](C)(C)OC[C@H]1CCCCN1P1(=[Se])Oc2ccc3ccccc3c2-c2c(ccc3ccccc23)O1. The molecule has 1 fully saturated rings. The van der Waals surface area contributed by atoms with Crippen LogP contribution in [0.4, 0.5) is 0 Å². The summed E-state index contributed by atoms with van der Waals surface area (Å²) in [6.07, 6.45) is 0.771. The molecule has 1 atom stereocenters. The molecule has 6 rings (SSSR count). The van der Waals surface area contributed by atoms with E-state index >= 15 is 0 Å². The molecule has 39 heavy (non-hydrogen) atoms. The molecule has 2 aliphatic rings. The molecule has 0 bridgehead atoms. The Morgan fingerprint density at radius 3 is 1.92 bits per heavy atom. The average molecular weight is 623 g/mol. The molecule has 0 spiro atoms. The van der Waals surface area contributed by atoms with Gasteiger partial charge in [-0.1, -0.05) is 0 Å². The topological polar surface area (TPSA) is 30.9 Å². The number of hydrogen-bond donors (Lipinski definition) is 0. The summed E-state index contributed by atoms with van der Waals surface area (Å²) in [4.78, 5) is 0. The number of benzene rings is 4. The third-order valence-corrected chi connectivity index (χ3v) is 17.6. The molecule has 0 radical (unpaired) electrons. The molecular formula is C32H38NO3PSeSi. The van der Waals surface area contributed by atoms with Gasteiger partial charge in [0.15, 0.2) is 0 Å². The number of nitrogens with zero attached hydrogens (tertiary/aromatic N) is 1. The van der Waals surface area contributed by atoms with E-state index in [-0.39, 0.29) is 11.1 Å². The van der Waals surface area contributed by atoms with E-state index in [1.54, 1.807) is 0 Å². The van der Waals surface area contributed by atoms with E-state index in [0.29, 0.717) is 6.61 Å². The van der Waals surface area contributed by atoms with E-state index in [1.807, 2.05) is 0 Å². The Hall–Kier alpha value is -1.91. The van der Waals surface area contributed by atoms with Gasteiger partial charge in [0.2, 0.25) is 0 Å². The van der Waals surface area contributed by atoms with E-state index in [0.717, 1.165) is 42.0 Å². The van der Waals surface area contributed by atoms with Gasteiger partial charge >= 0.3 is 242 Å². The van der Waals surface area contributed by atoms with Crippen molar-refractivity contribution in [3.05, 3.63) is 72.8 Å². The van der Waals surface area contributed by atoms with Crippen LogP contribution in [0, 0.1) is 0 Å². The first-order valence-corrected chi connectivity index (χ1v) is 20.7. The molecule has 4 nitrogen and oxygen atoms in total.